The number of anilines is 2. The molecule has 116 valence electrons. The van der Waals surface area contributed by atoms with E-state index in [-0.39, 0.29) is 0 Å². The van der Waals surface area contributed by atoms with E-state index in [0.29, 0.717) is 5.92 Å². The van der Waals surface area contributed by atoms with Crippen LogP contribution in [0, 0.1) is 5.92 Å². The molecule has 0 aliphatic carbocycles. The van der Waals surface area contributed by atoms with Crippen molar-refractivity contribution in [3.05, 3.63) is 60.2 Å². The maximum Gasteiger partial charge on any atom is 0.0408 e. The van der Waals surface area contributed by atoms with Crippen molar-refractivity contribution < 1.29 is 0 Å². The molecule has 0 aromatic heterocycles. The lowest BCUT2D eigenvalue weighted by Crippen LogP contribution is -2.22. The van der Waals surface area contributed by atoms with Gasteiger partial charge in [0.25, 0.3) is 0 Å². The number of benzene rings is 2. The van der Waals surface area contributed by atoms with E-state index < -0.39 is 0 Å². The van der Waals surface area contributed by atoms with Gasteiger partial charge in [0, 0.05) is 31.5 Å². The van der Waals surface area contributed by atoms with Gasteiger partial charge in [0.2, 0.25) is 0 Å². The number of rotatable bonds is 5. The predicted octanol–water partition coefficient (Wildman–Crippen LogP) is 3.24. The second-order valence-electron chi connectivity index (χ2n) is 6.19. The van der Waals surface area contributed by atoms with Crippen molar-refractivity contribution >= 4 is 11.4 Å². The fraction of sp³-hybridized carbons (Fsp3) is 0.368. The molecule has 1 fully saturated rings. The van der Waals surface area contributed by atoms with Gasteiger partial charge in [0.05, 0.1) is 0 Å². The van der Waals surface area contributed by atoms with Gasteiger partial charge in [0.15, 0.2) is 0 Å². The molecule has 1 heterocycles. The van der Waals surface area contributed by atoms with Gasteiger partial charge in [-0.15, -0.1) is 0 Å². The van der Waals surface area contributed by atoms with Crippen LogP contribution in [0.1, 0.15) is 12.0 Å². The monoisotopic (exact) mass is 295 g/mol. The number of likely N-dealkylation sites (tertiary alicyclic amines) is 1. The zero-order chi connectivity index (χ0) is 15.4. The van der Waals surface area contributed by atoms with E-state index in [4.69, 9.17) is 5.73 Å². The summed E-state index contributed by atoms with van der Waals surface area (Å²) in [5.74, 6) is 0.684. The standard InChI is InChI=1S/C19H25N3/c1-21(18-5-3-2-4-6-18)19-9-7-16(8-10-19)14-22-12-11-17(13-20)15-22/h2-10,17H,11-15,20H2,1H3. The maximum atomic E-state index is 5.77. The summed E-state index contributed by atoms with van der Waals surface area (Å²) in [6.07, 6.45) is 1.24. The molecule has 1 saturated heterocycles. The largest absolute Gasteiger partial charge is 0.345 e. The van der Waals surface area contributed by atoms with Crippen molar-refractivity contribution in [1.82, 2.24) is 4.90 Å². The average Bonchev–Trinajstić information content (AvgIpc) is 3.03. The third-order valence-electron chi connectivity index (χ3n) is 4.58. The third kappa shape index (κ3) is 3.49. The zero-order valence-corrected chi connectivity index (χ0v) is 13.3. The first kappa shape index (κ1) is 15.1. The van der Waals surface area contributed by atoms with Crippen LogP contribution in [0.15, 0.2) is 54.6 Å². The van der Waals surface area contributed by atoms with E-state index >= 15 is 0 Å². The lowest BCUT2D eigenvalue weighted by atomic mass is 10.1. The Morgan fingerprint density at radius 2 is 1.73 bits per heavy atom. The van der Waals surface area contributed by atoms with Crippen molar-refractivity contribution in [2.45, 2.75) is 13.0 Å². The lowest BCUT2D eigenvalue weighted by molar-refractivity contribution is 0.318. The molecule has 3 rings (SSSR count). The molecule has 2 N–H and O–H groups in total. The molecular weight excluding hydrogens is 270 g/mol. The molecule has 0 spiro atoms. The first-order valence-corrected chi connectivity index (χ1v) is 8.06. The quantitative estimate of drug-likeness (QED) is 0.919. The second kappa shape index (κ2) is 6.95. The molecule has 0 saturated carbocycles. The number of para-hydroxylation sites is 1. The van der Waals surface area contributed by atoms with Crippen molar-refractivity contribution in [3.63, 3.8) is 0 Å². The molecule has 1 atom stereocenters. The maximum absolute atomic E-state index is 5.77. The van der Waals surface area contributed by atoms with Crippen molar-refractivity contribution in [1.29, 1.82) is 0 Å². The number of hydrogen-bond acceptors (Lipinski definition) is 3. The molecule has 2 aromatic rings. The van der Waals surface area contributed by atoms with E-state index in [1.165, 1.54) is 29.9 Å². The number of nitrogens with two attached hydrogens (primary N) is 1. The Balaban J connectivity index is 1.63. The van der Waals surface area contributed by atoms with Crippen molar-refractivity contribution in [2.75, 3.05) is 31.6 Å². The summed E-state index contributed by atoms with van der Waals surface area (Å²) < 4.78 is 0. The van der Waals surface area contributed by atoms with Crippen LogP contribution >= 0.6 is 0 Å². The average molecular weight is 295 g/mol. The van der Waals surface area contributed by atoms with Crippen LogP contribution in [0.4, 0.5) is 11.4 Å². The van der Waals surface area contributed by atoms with Gasteiger partial charge >= 0.3 is 0 Å². The van der Waals surface area contributed by atoms with E-state index in [1.807, 2.05) is 6.07 Å². The summed E-state index contributed by atoms with van der Waals surface area (Å²) in [6.45, 7) is 4.17. The van der Waals surface area contributed by atoms with Crippen molar-refractivity contribution in [2.24, 2.45) is 11.7 Å². The first-order valence-electron chi connectivity index (χ1n) is 8.06. The van der Waals surface area contributed by atoms with E-state index in [0.717, 1.165) is 19.6 Å². The minimum Gasteiger partial charge on any atom is -0.345 e. The topological polar surface area (TPSA) is 32.5 Å². The Labute approximate surface area is 133 Å². The van der Waals surface area contributed by atoms with Crippen LogP contribution in [-0.2, 0) is 6.54 Å². The summed E-state index contributed by atoms with van der Waals surface area (Å²) >= 11 is 0. The molecule has 1 unspecified atom stereocenters. The molecule has 2 aromatic carbocycles. The summed E-state index contributed by atoms with van der Waals surface area (Å²) in [5, 5.41) is 0. The molecule has 0 amide bonds. The Hall–Kier alpha value is -1.84. The highest BCUT2D eigenvalue weighted by atomic mass is 15.1. The smallest absolute Gasteiger partial charge is 0.0408 e. The summed E-state index contributed by atoms with van der Waals surface area (Å²) in [6, 6.07) is 19.3. The SMILES string of the molecule is CN(c1ccccc1)c1ccc(CN2CCC(CN)C2)cc1. The van der Waals surface area contributed by atoms with E-state index in [1.54, 1.807) is 0 Å². The lowest BCUT2D eigenvalue weighted by Gasteiger charge is -2.20. The molecule has 3 heteroatoms. The van der Waals surface area contributed by atoms with Crippen LogP contribution in [-0.4, -0.2) is 31.6 Å². The van der Waals surface area contributed by atoms with Gasteiger partial charge in [0.1, 0.15) is 0 Å². The Morgan fingerprint density at radius 3 is 2.36 bits per heavy atom. The van der Waals surface area contributed by atoms with Crippen LogP contribution in [0.25, 0.3) is 0 Å². The normalized spacial score (nSPS) is 18.5. The molecule has 1 aliphatic heterocycles. The van der Waals surface area contributed by atoms with Gasteiger partial charge in [-0.05, 0) is 55.3 Å². The Bertz CT molecular complexity index is 579. The summed E-state index contributed by atoms with van der Waals surface area (Å²) in [4.78, 5) is 4.72. The van der Waals surface area contributed by atoms with Gasteiger partial charge in [-0.3, -0.25) is 4.90 Å². The summed E-state index contributed by atoms with van der Waals surface area (Å²) in [7, 11) is 2.11. The highest BCUT2D eigenvalue weighted by molar-refractivity contribution is 5.62. The molecular formula is C19H25N3. The fourth-order valence-corrected chi connectivity index (χ4v) is 3.13. The van der Waals surface area contributed by atoms with Gasteiger partial charge in [-0.1, -0.05) is 30.3 Å². The van der Waals surface area contributed by atoms with Crippen LogP contribution in [0.2, 0.25) is 0 Å². The van der Waals surface area contributed by atoms with E-state index in [2.05, 4.69) is 65.4 Å². The Kier molecular flexibility index (Phi) is 4.76. The molecule has 22 heavy (non-hydrogen) atoms. The molecule has 3 nitrogen and oxygen atoms in total. The van der Waals surface area contributed by atoms with Crippen LogP contribution in [0.5, 0.6) is 0 Å². The highest BCUT2D eigenvalue weighted by Gasteiger charge is 2.20. The van der Waals surface area contributed by atoms with E-state index in [9.17, 15) is 0 Å². The zero-order valence-electron chi connectivity index (χ0n) is 13.3. The Morgan fingerprint density at radius 1 is 1.05 bits per heavy atom. The molecule has 0 bridgehead atoms. The van der Waals surface area contributed by atoms with Gasteiger partial charge in [-0.25, -0.2) is 0 Å². The van der Waals surface area contributed by atoms with Crippen LogP contribution < -0.4 is 10.6 Å². The minimum atomic E-state index is 0.684. The molecule has 0 radical (unpaired) electrons. The third-order valence-corrected chi connectivity index (χ3v) is 4.58. The predicted molar refractivity (Wildman–Crippen MR) is 93.4 cm³/mol. The highest BCUT2D eigenvalue weighted by Crippen LogP contribution is 2.24. The molecule has 1 aliphatic rings. The fourth-order valence-electron chi connectivity index (χ4n) is 3.13. The van der Waals surface area contributed by atoms with Gasteiger partial charge in [-0.2, -0.15) is 0 Å². The van der Waals surface area contributed by atoms with Gasteiger partial charge < -0.3 is 10.6 Å². The van der Waals surface area contributed by atoms with Crippen molar-refractivity contribution in [3.8, 4) is 0 Å². The summed E-state index contributed by atoms with van der Waals surface area (Å²) in [5.41, 5.74) is 9.57. The first-order chi connectivity index (χ1) is 10.8. The van der Waals surface area contributed by atoms with Crippen LogP contribution in [0.3, 0.4) is 0 Å². The number of hydrogen-bond donors (Lipinski definition) is 1. The number of nitrogens with zero attached hydrogens (tertiary/aromatic N) is 2. The minimum absolute atomic E-state index is 0.684. The second-order valence-corrected chi connectivity index (χ2v) is 6.19.